The standard InChI is InChI=1S/C9H11N3O/c1-7-9(11(2)13)8-5-3-4-6-12(8)10-7/h3-6,11H,1-2H3. The van der Waals surface area contributed by atoms with Crippen molar-refractivity contribution in [1.82, 2.24) is 9.61 Å². The van der Waals surface area contributed by atoms with Crippen molar-refractivity contribution in [2.45, 2.75) is 6.92 Å². The molecule has 0 fully saturated rings. The molecule has 1 unspecified atom stereocenters. The van der Waals surface area contributed by atoms with E-state index in [1.165, 1.54) is 0 Å². The Hall–Kier alpha value is -1.39. The molecule has 2 aromatic heterocycles. The highest BCUT2D eigenvalue weighted by molar-refractivity contribution is 5.66. The largest absolute Gasteiger partial charge is 0.629 e. The van der Waals surface area contributed by atoms with Gasteiger partial charge in [-0.1, -0.05) is 6.07 Å². The summed E-state index contributed by atoms with van der Waals surface area (Å²) in [6, 6.07) is 5.70. The number of aryl methyl sites for hydroxylation is 1. The van der Waals surface area contributed by atoms with Gasteiger partial charge < -0.3 is 10.3 Å². The van der Waals surface area contributed by atoms with E-state index in [4.69, 9.17) is 0 Å². The van der Waals surface area contributed by atoms with Gasteiger partial charge in [-0.15, -0.1) is 0 Å². The number of hydrogen-bond donors (Lipinski definition) is 1. The van der Waals surface area contributed by atoms with Gasteiger partial charge in [0.25, 0.3) is 0 Å². The third-order valence-electron chi connectivity index (χ3n) is 2.07. The van der Waals surface area contributed by atoms with Crippen molar-refractivity contribution in [1.29, 1.82) is 0 Å². The average molecular weight is 177 g/mol. The summed E-state index contributed by atoms with van der Waals surface area (Å²) in [7, 11) is 1.57. The van der Waals surface area contributed by atoms with E-state index in [0.717, 1.165) is 16.9 Å². The van der Waals surface area contributed by atoms with Crippen molar-refractivity contribution in [2.24, 2.45) is 0 Å². The van der Waals surface area contributed by atoms with E-state index in [1.807, 2.05) is 31.3 Å². The Balaban J connectivity index is 2.78. The fourth-order valence-electron chi connectivity index (χ4n) is 1.55. The SMILES string of the molecule is Cc1nn2ccccc2c1[NH+](C)[O-]. The van der Waals surface area contributed by atoms with E-state index in [9.17, 15) is 5.21 Å². The van der Waals surface area contributed by atoms with Crippen LogP contribution in [0, 0.1) is 12.1 Å². The predicted molar refractivity (Wildman–Crippen MR) is 49.8 cm³/mol. The fraction of sp³-hybridized carbons (Fsp3) is 0.222. The molecule has 68 valence electrons. The van der Waals surface area contributed by atoms with E-state index in [1.54, 1.807) is 11.6 Å². The van der Waals surface area contributed by atoms with Crippen molar-refractivity contribution in [3.63, 3.8) is 0 Å². The summed E-state index contributed by atoms with van der Waals surface area (Å²) >= 11 is 0. The number of nitrogens with zero attached hydrogens (tertiary/aromatic N) is 2. The van der Waals surface area contributed by atoms with E-state index in [-0.39, 0.29) is 5.06 Å². The smallest absolute Gasteiger partial charge is 0.180 e. The second-order valence-electron chi connectivity index (χ2n) is 3.05. The molecule has 2 rings (SSSR count). The minimum Gasteiger partial charge on any atom is -0.629 e. The summed E-state index contributed by atoms with van der Waals surface area (Å²) in [5.74, 6) is 0. The first kappa shape index (κ1) is 8.22. The monoisotopic (exact) mass is 177 g/mol. The number of nitrogens with one attached hydrogen (secondary N) is 1. The number of rotatable bonds is 1. The zero-order valence-corrected chi connectivity index (χ0v) is 7.61. The Labute approximate surface area is 76.0 Å². The van der Waals surface area contributed by atoms with E-state index < -0.39 is 0 Å². The van der Waals surface area contributed by atoms with Gasteiger partial charge in [0, 0.05) is 6.20 Å². The highest BCUT2D eigenvalue weighted by atomic mass is 16.5. The second kappa shape index (κ2) is 2.83. The summed E-state index contributed by atoms with van der Waals surface area (Å²) in [5, 5.41) is 15.6. The molecule has 4 heteroatoms. The predicted octanol–water partition coefficient (Wildman–Crippen LogP) is 0.287. The van der Waals surface area contributed by atoms with Crippen LogP contribution < -0.4 is 5.06 Å². The Morgan fingerprint density at radius 1 is 1.46 bits per heavy atom. The number of aromatic nitrogens is 2. The van der Waals surface area contributed by atoms with Gasteiger partial charge in [-0.05, 0) is 19.1 Å². The van der Waals surface area contributed by atoms with Gasteiger partial charge >= 0.3 is 0 Å². The minimum absolute atomic E-state index is 0.0682. The van der Waals surface area contributed by atoms with Crippen molar-refractivity contribution < 1.29 is 5.06 Å². The van der Waals surface area contributed by atoms with Gasteiger partial charge in [0.1, 0.15) is 11.2 Å². The van der Waals surface area contributed by atoms with Gasteiger partial charge in [0.15, 0.2) is 5.69 Å². The van der Waals surface area contributed by atoms with Crippen molar-refractivity contribution in [2.75, 3.05) is 7.05 Å². The van der Waals surface area contributed by atoms with Crippen molar-refractivity contribution in [3.05, 3.63) is 35.3 Å². The van der Waals surface area contributed by atoms with Gasteiger partial charge in [0.05, 0.1) is 7.05 Å². The van der Waals surface area contributed by atoms with Crippen LogP contribution in [-0.2, 0) is 0 Å². The molecule has 4 nitrogen and oxygen atoms in total. The summed E-state index contributed by atoms with van der Waals surface area (Å²) in [6.07, 6.45) is 1.84. The van der Waals surface area contributed by atoms with Crippen LogP contribution in [-0.4, -0.2) is 16.7 Å². The number of pyridine rings is 1. The van der Waals surface area contributed by atoms with Crippen molar-refractivity contribution >= 4 is 11.2 Å². The lowest BCUT2D eigenvalue weighted by Gasteiger charge is -2.14. The molecule has 0 radical (unpaired) electrons. The Morgan fingerprint density at radius 3 is 2.92 bits per heavy atom. The first-order valence-corrected chi connectivity index (χ1v) is 4.15. The normalized spacial score (nSPS) is 13.5. The molecule has 0 bridgehead atoms. The van der Waals surface area contributed by atoms with E-state index >= 15 is 0 Å². The summed E-state index contributed by atoms with van der Waals surface area (Å²) < 4.78 is 1.73. The molecule has 0 amide bonds. The third kappa shape index (κ3) is 1.20. The molecule has 0 aliphatic heterocycles. The number of hydroxylamine groups is 1. The quantitative estimate of drug-likeness (QED) is 0.636. The van der Waals surface area contributed by atoms with Gasteiger partial charge in [-0.25, -0.2) is 4.52 Å². The molecular formula is C9H11N3O. The summed E-state index contributed by atoms with van der Waals surface area (Å²) in [6.45, 7) is 1.85. The molecule has 0 spiro atoms. The van der Waals surface area contributed by atoms with Crippen LogP contribution in [0.15, 0.2) is 24.4 Å². The fourth-order valence-corrected chi connectivity index (χ4v) is 1.55. The van der Waals surface area contributed by atoms with Gasteiger partial charge in [-0.3, -0.25) is 0 Å². The lowest BCUT2D eigenvalue weighted by atomic mass is 10.3. The maximum absolute atomic E-state index is 11.3. The van der Waals surface area contributed by atoms with Gasteiger partial charge in [-0.2, -0.15) is 5.10 Å². The van der Waals surface area contributed by atoms with Crippen LogP contribution in [0.5, 0.6) is 0 Å². The Kier molecular flexibility index (Phi) is 1.79. The highest BCUT2D eigenvalue weighted by Crippen LogP contribution is 2.15. The third-order valence-corrected chi connectivity index (χ3v) is 2.07. The van der Waals surface area contributed by atoms with Crippen molar-refractivity contribution in [3.8, 4) is 0 Å². The Morgan fingerprint density at radius 2 is 2.23 bits per heavy atom. The first-order chi connectivity index (χ1) is 6.20. The highest BCUT2D eigenvalue weighted by Gasteiger charge is 2.12. The van der Waals surface area contributed by atoms with Crippen LogP contribution in [0.3, 0.4) is 0 Å². The number of fused-ring (bicyclic) bond motifs is 1. The molecule has 0 saturated heterocycles. The van der Waals surface area contributed by atoms with Crippen LogP contribution >= 0.6 is 0 Å². The zero-order valence-electron chi connectivity index (χ0n) is 7.61. The summed E-state index contributed by atoms with van der Waals surface area (Å²) in [4.78, 5) is 0. The molecule has 0 aliphatic carbocycles. The first-order valence-electron chi connectivity index (χ1n) is 4.15. The number of quaternary nitrogens is 1. The molecule has 1 N–H and O–H groups in total. The Bertz CT molecular complexity index is 433. The van der Waals surface area contributed by atoms with Gasteiger partial charge in [0.2, 0.25) is 0 Å². The molecule has 0 aliphatic rings. The molecule has 0 saturated carbocycles. The maximum Gasteiger partial charge on any atom is 0.180 e. The van der Waals surface area contributed by atoms with Crippen LogP contribution in [0.1, 0.15) is 5.69 Å². The molecular weight excluding hydrogens is 166 g/mol. The molecule has 2 heterocycles. The lowest BCUT2D eigenvalue weighted by molar-refractivity contribution is -0.750. The van der Waals surface area contributed by atoms with E-state index in [2.05, 4.69) is 5.10 Å². The molecule has 13 heavy (non-hydrogen) atoms. The van der Waals surface area contributed by atoms with E-state index in [0.29, 0.717) is 0 Å². The van der Waals surface area contributed by atoms with Crippen LogP contribution in [0.4, 0.5) is 5.69 Å². The topological polar surface area (TPSA) is 44.8 Å². The molecule has 0 aromatic carbocycles. The number of hydrogen-bond acceptors (Lipinski definition) is 2. The lowest BCUT2D eigenvalue weighted by Crippen LogP contribution is -2.98. The minimum atomic E-state index is 0.0682. The van der Waals surface area contributed by atoms with Crippen LogP contribution in [0.25, 0.3) is 5.52 Å². The maximum atomic E-state index is 11.3. The van der Waals surface area contributed by atoms with Crippen LogP contribution in [0.2, 0.25) is 0 Å². The average Bonchev–Trinajstić information content (AvgIpc) is 2.39. The summed E-state index contributed by atoms with van der Waals surface area (Å²) in [5.41, 5.74) is 2.40. The molecule has 2 aromatic rings. The zero-order chi connectivity index (χ0) is 9.42. The second-order valence-corrected chi connectivity index (χ2v) is 3.05. The molecule has 1 atom stereocenters.